The Morgan fingerprint density at radius 2 is 1.85 bits per heavy atom. The summed E-state index contributed by atoms with van der Waals surface area (Å²) in [5.74, 6) is 0.838. The van der Waals surface area contributed by atoms with Crippen molar-refractivity contribution in [1.29, 1.82) is 0 Å². The van der Waals surface area contributed by atoms with E-state index < -0.39 is 5.60 Å². The van der Waals surface area contributed by atoms with Crippen LogP contribution in [0.15, 0.2) is 24.3 Å². The molecule has 0 aromatic heterocycles. The maximum Gasteiger partial charge on any atom is 0.260 e. The van der Waals surface area contributed by atoms with E-state index in [2.05, 4.69) is 5.32 Å². The van der Waals surface area contributed by atoms with Crippen LogP contribution in [0, 0.1) is 5.92 Å². The molecule has 1 aromatic carbocycles. The van der Waals surface area contributed by atoms with E-state index in [0.717, 1.165) is 45.2 Å². The van der Waals surface area contributed by atoms with Crippen molar-refractivity contribution in [1.82, 2.24) is 4.90 Å². The fourth-order valence-corrected chi connectivity index (χ4v) is 3.41. The van der Waals surface area contributed by atoms with Crippen LogP contribution in [0.3, 0.4) is 0 Å². The van der Waals surface area contributed by atoms with E-state index in [1.54, 1.807) is 24.3 Å². The molecule has 6 heteroatoms. The standard InChI is InChI=1S/C21H30N2O4/c1-3-14-27-21(2,16-6-7-16)20(25)22-17-8-10-18(11-9-17)26-15-19(24)23-12-4-5-13-23/h8-11,16H,3-7,12-15H2,1-2H3,(H,22,25)/t21-/m1/s1. The van der Waals surface area contributed by atoms with Crippen molar-refractivity contribution in [3.05, 3.63) is 24.3 Å². The van der Waals surface area contributed by atoms with Crippen molar-refractivity contribution in [2.75, 3.05) is 31.6 Å². The maximum atomic E-state index is 12.8. The van der Waals surface area contributed by atoms with Crippen molar-refractivity contribution in [3.8, 4) is 5.75 Å². The zero-order valence-corrected chi connectivity index (χ0v) is 16.3. The molecule has 3 rings (SSSR count). The van der Waals surface area contributed by atoms with E-state index in [-0.39, 0.29) is 18.4 Å². The predicted molar refractivity (Wildman–Crippen MR) is 104 cm³/mol. The lowest BCUT2D eigenvalue weighted by Crippen LogP contribution is -2.45. The summed E-state index contributed by atoms with van der Waals surface area (Å²) in [6, 6.07) is 7.13. The Balaban J connectivity index is 1.52. The Bertz CT molecular complexity index is 651. The topological polar surface area (TPSA) is 67.9 Å². The third-order valence-electron chi connectivity index (χ3n) is 5.35. The highest BCUT2D eigenvalue weighted by molar-refractivity contribution is 5.97. The van der Waals surface area contributed by atoms with E-state index in [9.17, 15) is 9.59 Å². The first-order valence-corrected chi connectivity index (χ1v) is 9.99. The molecule has 0 unspecified atom stereocenters. The van der Waals surface area contributed by atoms with E-state index in [4.69, 9.17) is 9.47 Å². The van der Waals surface area contributed by atoms with Gasteiger partial charge in [-0.2, -0.15) is 0 Å². The third-order valence-corrected chi connectivity index (χ3v) is 5.35. The Morgan fingerprint density at radius 3 is 2.44 bits per heavy atom. The number of rotatable bonds is 9. The number of benzene rings is 1. The SMILES string of the molecule is CCCO[C@@](C)(C(=O)Nc1ccc(OCC(=O)N2CCCC2)cc1)C1CC1. The molecular weight excluding hydrogens is 344 g/mol. The molecule has 27 heavy (non-hydrogen) atoms. The van der Waals surface area contributed by atoms with Crippen LogP contribution in [-0.2, 0) is 14.3 Å². The molecule has 2 aliphatic rings. The minimum absolute atomic E-state index is 0.0261. The monoisotopic (exact) mass is 374 g/mol. The minimum atomic E-state index is -0.771. The summed E-state index contributed by atoms with van der Waals surface area (Å²) in [4.78, 5) is 26.6. The molecule has 1 aliphatic heterocycles. The number of carbonyl (C=O) groups is 2. The van der Waals surface area contributed by atoms with Gasteiger partial charge in [-0.15, -0.1) is 0 Å². The number of anilines is 1. The Labute approximate surface area is 161 Å². The number of hydrogen-bond donors (Lipinski definition) is 1. The molecule has 1 heterocycles. The molecular formula is C21H30N2O4. The fraction of sp³-hybridized carbons (Fsp3) is 0.619. The van der Waals surface area contributed by atoms with Gasteiger partial charge in [0.2, 0.25) is 0 Å². The van der Waals surface area contributed by atoms with E-state index in [0.29, 0.717) is 24.0 Å². The first-order valence-electron chi connectivity index (χ1n) is 9.99. The Hall–Kier alpha value is -2.08. The van der Waals surface area contributed by atoms with Crippen LogP contribution in [0.25, 0.3) is 0 Å². The lowest BCUT2D eigenvalue weighted by Gasteiger charge is -2.28. The van der Waals surface area contributed by atoms with Crippen LogP contribution in [0.4, 0.5) is 5.69 Å². The largest absolute Gasteiger partial charge is 0.484 e. The number of ether oxygens (including phenoxy) is 2. The number of nitrogens with one attached hydrogen (secondary N) is 1. The molecule has 2 fully saturated rings. The number of nitrogens with zero attached hydrogens (tertiary/aromatic N) is 1. The Morgan fingerprint density at radius 1 is 1.19 bits per heavy atom. The van der Waals surface area contributed by atoms with Crippen molar-refractivity contribution in [3.63, 3.8) is 0 Å². The van der Waals surface area contributed by atoms with E-state index in [1.807, 2.05) is 18.7 Å². The second kappa shape index (κ2) is 8.74. The summed E-state index contributed by atoms with van der Waals surface area (Å²) in [5.41, 5.74) is -0.0713. The van der Waals surface area contributed by atoms with Crippen molar-refractivity contribution >= 4 is 17.5 Å². The molecule has 1 saturated heterocycles. The first-order chi connectivity index (χ1) is 13.0. The van der Waals surface area contributed by atoms with Crippen LogP contribution in [0.5, 0.6) is 5.75 Å². The third kappa shape index (κ3) is 5.01. The normalized spacial score (nSPS) is 18.8. The summed E-state index contributed by atoms with van der Waals surface area (Å²) in [6.45, 7) is 6.21. The van der Waals surface area contributed by atoms with Gasteiger partial charge >= 0.3 is 0 Å². The average molecular weight is 374 g/mol. The fourth-order valence-electron chi connectivity index (χ4n) is 3.41. The van der Waals surface area contributed by atoms with Crippen LogP contribution < -0.4 is 10.1 Å². The van der Waals surface area contributed by atoms with E-state index >= 15 is 0 Å². The molecule has 1 atom stereocenters. The van der Waals surface area contributed by atoms with Gasteiger partial charge in [-0.1, -0.05) is 6.92 Å². The van der Waals surface area contributed by atoms with Gasteiger partial charge in [0.15, 0.2) is 6.61 Å². The second-order valence-corrected chi connectivity index (χ2v) is 7.58. The number of likely N-dealkylation sites (tertiary alicyclic amines) is 1. The average Bonchev–Trinajstić information content (AvgIpc) is 3.40. The van der Waals surface area contributed by atoms with Gasteiger partial charge in [-0.3, -0.25) is 9.59 Å². The zero-order chi connectivity index (χ0) is 19.3. The second-order valence-electron chi connectivity index (χ2n) is 7.58. The number of carbonyl (C=O) groups excluding carboxylic acids is 2. The number of amides is 2. The molecule has 0 bridgehead atoms. The maximum absolute atomic E-state index is 12.8. The molecule has 0 spiro atoms. The molecule has 0 radical (unpaired) electrons. The van der Waals surface area contributed by atoms with Crippen LogP contribution >= 0.6 is 0 Å². The zero-order valence-electron chi connectivity index (χ0n) is 16.3. The van der Waals surface area contributed by atoms with Gasteiger partial charge < -0.3 is 19.7 Å². The van der Waals surface area contributed by atoms with Crippen molar-refractivity contribution < 1.29 is 19.1 Å². The summed E-state index contributed by atoms with van der Waals surface area (Å²) >= 11 is 0. The molecule has 148 valence electrons. The smallest absolute Gasteiger partial charge is 0.260 e. The summed E-state index contributed by atoms with van der Waals surface area (Å²) in [6.07, 6.45) is 5.10. The molecule has 2 amide bonds. The van der Waals surface area contributed by atoms with Crippen LogP contribution in [0.2, 0.25) is 0 Å². The lowest BCUT2D eigenvalue weighted by molar-refractivity contribution is -0.142. The van der Waals surface area contributed by atoms with Gasteiger partial charge in [-0.25, -0.2) is 0 Å². The van der Waals surface area contributed by atoms with Gasteiger partial charge in [-0.05, 0) is 69.2 Å². The van der Waals surface area contributed by atoms with Gasteiger partial charge in [0.05, 0.1) is 0 Å². The van der Waals surface area contributed by atoms with Gasteiger partial charge in [0.1, 0.15) is 11.4 Å². The summed E-state index contributed by atoms with van der Waals surface area (Å²) in [5, 5.41) is 2.95. The van der Waals surface area contributed by atoms with E-state index in [1.165, 1.54) is 0 Å². The quantitative estimate of drug-likeness (QED) is 0.721. The summed E-state index contributed by atoms with van der Waals surface area (Å²) < 4.78 is 11.5. The summed E-state index contributed by atoms with van der Waals surface area (Å²) in [7, 11) is 0. The Kier molecular flexibility index (Phi) is 6.37. The first kappa shape index (κ1) is 19.7. The minimum Gasteiger partial charge on any atom is -0.484 e. The molecule has 1 aromatic rings. The van der Waals surface area contributed by atoms with Crippen molar-refractivity contribution in [2.45, 2.75) is 51.6 Å². The van der Waals surface area contributed by atoms with Gasteiger partial charge in [0, 0.05) is 25.4 Å². The molecule has 6 nitrogen and oxygen atoms in total. The highest BCUT2D eigenvalue weighted by Crippen LogP contribution is 2.42. The van der Waals surface area contributed by atoms with Crippen LogP contribution in [-0.4, -0.2) is 48.6 Å². The van der Waals surface area contributed by atoms with Crippen molar-refractivity contribution in [2.24, 2.45) is 5.92 Å². The molecule has 1 aliphatic carbocycles. The van der Waals surface area contributed by atoms with Gasteiger partial charge in [0.25, 0.3) is 11.8 Å². The predicted octanol–water partition coefficient (Wildman–Crippen LogP) is 3.22. The highest BCUT2D eigenvalue weighted by Gasteiger charge is 2.48. The van der Waals surface area contributed by atoms with Crippen LogP contribution in [0.1, 0.15) is 46.0 Å². The number of hydrogen-bond acceptors (Lipinski definition) is 4. The molecule has 1 saturated carbocycles. The molecule has 1 N–H and O–H groups in total. The lowest BCUT2D eigenvalue weighted by atomic mass is 9.98. The highest BCUT2D eigenvalue weighted by atomic mass is 16.5.